The van der Waals surface area contributed by atoms with Gasteiger partial charge in [0.05, 0.1) is 18.4 Å². The number of carbonyl (C=O) groups is 1. The molecule has 0 saturated heterocycles. The summed E-state index contributed by atoms with van der Waals surface area (Å²) >= 11 is 3.58. The van der Waals surface area contributed by atoms with Gasteiger partial charge in [0.25, 0.3) is 5.91 Å². The van der Waals surface area contributed by atoms with Crippen molar-refractivity contribution in [2.75, 3.05) is 17.7 Å². The standard InChI is InChI=1S/C27H24BrN5O3/c1-17-24(26(34)32-21-10-6-7-11-23(21)35-2)25(33-27(31-17)29-16-30-33)20-14-19(28)12-13-22(20)36-15-18-8-4-3-5-9-18/h3-14,16,25H,15H2,1-2H3,(H,32,34)(H,29,30,31)/t25-/m1/s1. The molecule has 36 heavy (non-hydrogen) atoms. The fourth-order valence-electron chi connectivity index (χ4n) is 4.21. The van der Waals surface area contributed by atoms with E-state index in [0.29, 0.717) is 41.0 Å². The summed E-state index contributed by atoms with van der Waals surface area (Å²) in [5.41, 5.74) is 3.55. The first-order valence-corrected chi connectivity index (χ1v) is 12.1. The van der Waals surface area contributed by atoms with Crippen molar-refractivity contribution in [1.29, 1.82) is 0 Å². The lowest BCUT2D eigenvalue weighted by Crippen LogP contribution is -2.32. The Bertz CT molecular complexity index is 1430. The van der Waals surface area contributed by atoms with Crippen molar-refractivity contribution in [3.63, 3.8) is 0 Å². The van der Waals surface area contributed by atoms with Gasteiger partial charge < -0.3 is 20.1 Å². The molecule has 1 amide bonds. The zero-order chi connectivity index (χ0) is 25.1. The SMILES string of the molecule is COc1ccccc1NC(=O)C1=C(C)Nc2ncnn2[C@@H]1c1cc(Br)ccc1OCc1ccccc1. The summed E-state index contributed by atoms with van der Waals surface area (Å²) in [5, 5.41) is 10.6. The van der Waals surface area contributed by atoms with E-state index >= 15 is 0 Å². The minimum absolute atomic E-state index is 0.287. The summed E-state index contributed by atoms with van der Waals surface area (Å²) in [6.45, 7) is 2.24. The molecule has 0 radical (unpaired) electrons. The van der Waals surface area contributed by atoms with Crippen LogP contribution in [0.25, 0.3) is 0 Å². The Labute approximate surface area is 217 Å². The predicted octanol–water partition coefficient (Wildman–Crippen LogP) is 5.56. The molecule has 0 unspecified atom stereocenters. The molecule has 2 heterocycles. The second kappa shape index (κ2) is 10.2. The molecule has 5 rings (SSSR count). The smallest absolute Gasteiger partial charge is 0.255 e. The van der Waals surface area contributed by atoms with E-state index in [9.17, 15) is 4.79 Å². The van der Waals surface area contributed by atoms with Crippen LogP contribution in [0.5, 0.6) is 11.5 Å². The molecule has 0 aliphatic carbocycles. The van der Waals surface area contributed by atoms with Crippen molar-refractivity contribution in [3.05, 3.63) is 106 Å². The third-order valence-corrected chi connectivity index (χ3v) is 6.39. The average molecular weight is 546 g/mol. The molecule has 2 N–H and O–H groups in total. The largest absolute Gasteiger partial charge is 0.495 e. The minimum atomic E-state index is -0.582. The highest BCUT2D eigenvalue weighted by atomic mass is 79.9. The molecule has 4 aromatic rings. The summed E-state index contributed by atoms with van der Waals surface area (Å²) in [6, 6.07) is 22.4. The first kappa shape index (κ1) is 23.6. The average Bonchev–Trinajstić information content (AvgIpc) is 3.36. The van der Waals surface area contributed by atoms with E-state index in [0.717, 1.165) is 15.6 Å². The van der Waals surface area contributed by atoms with Gasteiger partial charge >= 0.3 is 0 Å². The minimum Gasteiger partial charge on any atom is -0.495 e. The van der Waals surface area contributed by atoms with Crippen LogP contribution >= 0.6 is 15.9 Å². The number of hydrogen-bond donors (Lipinski definition) is 2. The van der Waals surface area contributed by atoms with Crippen LogP contribution in [0.4, 0.5) is 11.6 Å². The van der Waals surface area contributed by atoms with Gasteiger partial charge in [-0.1, -0.05) is 58.4 Å². The van der Waals surface area contributed by atoms with Gasteiger partial charge in [0.15, 0.2) is 0 Å². The van der Waals surface area contributed by atoms with Crippen LogP contribution in [-0.2, 0) is 11.4 Å². The fraction of sp³-hybridized carbons (Fsp3) is 0.148. The van der Waals surface area contributed by atoms with Gasteiger partial charge in [-0.2, -0.15) is 10.1 Å². The van der Waals surface area contributed by atoms with E-state index in [4.69, 9.17) is 9.47 Å². The highest BCUT2D eigenvalue weighted by Crippen LogP contribution is 2.41. The zero-order valence-electron chi connectivity index (χ0n) is 19.7. The Hall–Kier alpha value is -4.11. The molecule has 1 aliphatic heterocycles. The summed E-state index contributed by atoms with van der Waals surface area (Å²) in [5.74, 6) is 1.47. The third kappa shape index (κ3) is 4.70. The summed E-state index contributed by atoms with van der Waals surface area (Å²) in [6.07, 6.45) is 1.46. The Morgan fingerprint density at radius 2 is 1.86 bits per heavy atom. The Balaban J connectivity index is 1.56. The van der Waals surface area contributed by atoms with E-state index in [1.165, 1.54) is 6.33 Å². The Morgan fingerprint density at radius 3 is 2.67 bits per heavy atom. The molecule has 1 atom stereocenters. The van der Waals surface area contributed by atoms with Crippen LogP contribution in [0, 0.1) is 0 Å². The number of para-hydroxylation sites is 2. The lowest BCUT2D eigenvalue weighted by atomic mass is 9.94. The normalized spacial score (nSPS) is 14.6. The number of methoxy groups -OCH3 is 1. The number of nitrogens with zero attached hydrogens (tertiary/aromatic N) is 3. The van der Waals surface area contributed by atoms with Crippen LogP contribution in [0.1, 0.15) is 24.1 Å². The van der Waals surface area contributed by atoms with Gasteiger partial charge in [-0.25, -0.2) is 4.68 Å². The molecule has 9 heteroatoms. The summed E-state index contributed by atoms with van der Waals surface area (Å²) < 4.78 is 14.2. The highest BCUT2D eigenvalue weighted by molar-refractivity contribution is 9.10. The number of carbonyl (C=O) groups excluding carboxylic acids is 1. The molecule has 1 aromatic heterocycles. The molecule has 0 bridgehead atoms. The molecule has 182 valence electrons. The number of allylic oxidation sites excluding steroid dienone is 1. The maximum atomic E-state index is 13.8. The van der Waals surface area contributed by atoms with Gasteiger partial charge in [0.2, 0.25) is 5.95 Å². The van der Waals surface area contributed by atoms with Crippen LogP contribution in [-0.4, -0.2) is 27.8 Å². The Kier molecular flexibility index (Phi) is 6.73. The maximum Gasteiger partial charge on any atom is 0.255 e. The van der Waals surface area contributed by atoms with Crippen LogP contribution < -0.4 is 20.1 Å². The molecule has 8 nitrogen and oxygen atoms in total. The van der Waals surface area contributed by atoms with E-state index in [1.807, 2.05) is 67.6 Å². The van der Waals surface area contributed by atoms with Crippen molar-refractivity contribution in [1.82, 2.24) is 14.8 Å². The zero-order valence-corrected chi connectivity index (χ0v) is 21.3. The lowest BCUT2D eigenvalue weighted by molar-refractivity contribution is -0.113. The van der Waals surface area contributed by atoms with E-state index in [1.54, 1.807) is 23.9 Å². The highest BCUT2D eigenvalue weighted by Gasteiger charge is 2.35. The van der Waals surface area contributed by atoms with Gasteiger partial charge in [-0.05, 0) is 42.8 Å². The van der Waals surface area contributed by atoms with E-state index < -0.39 is 6.04 Å². The third-order valence-electron chi connectivity index (χ3n) is 5.90. The molecular formula is C27H24BrN5O3. The topological polar surface area (TPSA) is 90.3 Å². The van der Waals surface area contributed by atoms with Crippen LogP contribution in [0.2, 0.25) is 0 Å². The second-order valence-electron chi connectivity index (χ2n) is 8.21. The van der Waals surface area contributed by atoms with Gasteiger partial charge in [-0.3, -0.25) is 4.79 Å². The van der Waals surface area contributed by atoms with Crippen LogP contribution in [0.15, 0.2) is 94.9 Å². The summed E-state index contributed by atoms with van der Waals surface area (Å²) in [4.78, 5) is 18.1. The first-order valence-electron chi connectivity index (χ1n) is 11.3. The van der Waals surface area contributed by atoms with Crippen molar-refractivity contribution >= 4 is 33.5 Å². The van der Waals surface area contributed by atoms with Crippen molar-refractivity contribution in [2.45, 2.75) is 19.6 Å². The fourth-order valence-corrected chi connectivity index (χ4v) is 4.59. The van der Waals surface area contributed by atoms with Gasteiger partial charge in [-0.15, -0.1) is 0 Å². The van der Waals surface area contributed by atoms with E-state index in [-0.39, 0.29) is 5.91 Å². The number of rotatable bonds is 7. The molecule has 0 saturated carbocycles. The number of hydrogen-bond acceptors (Lipinski definition) is 6. The number of ether oxygens (including phenoxy) is 2. The van der Waals surface area contributed by atoms with Crippen molar-refractivity contribution in [2.24, 2.45) is 0 Å². The molecule has 0 spiro atoms. The lowest BCUT2D eigenvalue weighted by Gasteiger charge is -2.30. The van der Waals surface area contributed by atoms with Crippen molar-refractivity contribution < 1.29 is 14.3 Å². The second-order valence-corrected chi connectivity index (χ2v) is 9.12. The quantitative estimate of drug-likeness (QED) is 0.316. The van der Waals surface area contributed by atoms with E-state index in [2.05, 4.69) is 36.6 Å². The molecule has 3 aromatic carbocycles. The maximum absolute atomic E-state index is 13.8. The predicted molar refractivity (Wildman–Crippen MR) is 141 cm³/mol. The number of halogens is 1. The number of benzene rings is 3. The van der Waals surface area contributed by atoms with Gasteiger partial charge in [0, 0.05) is 15.7 Å². The number of aromatic nitrogens is 3. The monoisotopic (exact) mass is 545 g/mol. The Morgan fingerprint density at radius 1 is 1.08 bits per heavy atom. The number of nitrogens with one attached hydrogen (secondary N) is 2. The van der Waals surface area contributed by atoms with Crippen molar-refractivity contribution in [3.8, 4) is 11.5 Å². The van der Waals surface area contributed by atoms with Crippen LogP contribution in [0.3, 0.4) is 0 Å². The molecular weight excluding hydrogens is 522 g/mol. The first-order chi connectivity index (χ1) is 17.5. The molecule has 1 aliphatic rings. The number of amides is 1. The van der Waals surface area contributed by atoms with Gasteiger partial charge in [0.1, 0.15) is 30.5 Å². The number of anilines is 2. The number of fused-ring (bicyclic) bond motifs is 1. The molecule has 0 fully saturated rings. The summed E-state index contributed by atoms with van der Waals surface area (Å²) in [7, 11) is 1.57.